The van der Waals surface area contributed by atoms with Gasteiger partial charge in [-0.2, -0.15) is 5.10 Å². The lowest BCUT2D eigenvalue weighted by molar-refractivity contribution is -0.119. The zero-order valence-electron chi connectivity index (χ0n) is 11.9. The van der Waals surface area contributed by atoms with E-state index in [1.54, 1.807) is 20.8 Å². The first-order valence-corrected chi connectivity index (χ1v) is 6.76. The maximum absolute atomic E-state index is 13.6. The van der Waals surface area contributed by atoms with Crippen molar-refractivity contribution in [2.24, 2.45) is 0 Å². The molecule has 1 atom stereocenters. The van der Waals surface area contributed by atoms with Gasteiger partial charge in [-0.25, -0.2) is 4.39 Å². The summed E-state index contributed by atoms with van der Waals surface area (Å²) in [5.74, 6) is -0.946. The lowest BCUT2D eigenvalue weighted by Gasteiger charge is -2.15. The molecule has 21 heavy (non-hydrogen) atoms. The summed E-state index contributed by atoms with van der Waals surface area (Å²) < 4.78 is 15.1. The molecule has 1 aromatic heterocycles. The summed E-state index contributed by atoms with van der Waals surface area (Å²) in [7, 11) is 0. The zero-order valence-corrected chi connectivity index (χ0v) is 12.7. The molecule has 112 valence electrons. The predicted octanol–water partition coefficient (Wildman–Crippen LogP) is 3.07. The Morgan fingerprint density at radius 3 is 2.71 bits per heavy atom. The van der Waals surface area contributed by atoms with Crippen molar-refractivity contribution < 1.29 is 9.18 Å². The second kappa shape index (κ2) is 5.73. The number of carbonyl (C=O) groups is 1. The minimum atomic E-state index is -0.628. The molecule has 0 aliphatic heterocycles. The lowest BCUT2D eigenvalue weighted by atomic mass is 10.2. The number of carbonyl (C=O) groups excluding carboxylic acids is 1. The molecule has 5 nitrogen and oxygen atoms in total. The largest absolute Gasteiger partial charge is 0.399 e. The Kier molecular flexibility index (Phi) is 4.18. The number of amides is 1. The van der Waals surface area contributed by atoms with Gasteiger partial charge in [0.15, 0.2) is 0 Å². The normalized spacial score (nSPS) is 12.2. The summed E-state index contributed by atoms with van der Waals surface area (Å²) in [5.41, 5.74) is 7.32. The van der Waals surface area contributed by atoms with Crippen LogP contribution in [0.3, 0.4) is 0 Å². The molecule has 0 fully saturated rings. The molecule has 1 amide bonds. The van der Waals surface area contributed by atoms with Gasteiger partial charge in [0.25, 0.3) is 0 Å². The molecule has 0 radical (unpaired) electrons. The fourth-order valence-electron chi connectivity index (χ4n) is 2.01. The number of anilines is 2. The van der Waals surface area contributed by atoms with Crippen LogP contribution < -0.4 is 11.1 Å². The van der Waals surface area contributed by atoms with Crippen molar-refractivity contribution in [1.82, 2.24) is 9.78 Å². The van der Waals surface area contributed by atoms with Crippen molar-refractivity contribution in [3.8, 4) is 0 Å². The van der Waals surface area contributed by atoms with Crippen LogP contribution in [0.1, 0.15) is 24.4 Å². The van der Waals surface area contributed by atoms with E-state index in [-0.39, 0.29) is 5.69 Å². The molecular formula is C14H16ClFN4O. The van der Waals surface area contributed by atoms with Crippen LogP contribution in [0.5, 0.6) is 0 Å². The number of nitrogens with zero attached hydrogens (tertiary/aromatic N) is 2. The third-order valence-electron chi connectivity index (χ3n) is 3.23. The molecule has 0 aliphatic carbocycles. The molecule has 0 aliphatic rings. The van der Waals surface area contributed by atoms with Crippen LogP contribution in [0.15, 0.2) is 18.2 Å². The molecular weight excluding hydrogens is 295 g/mol. The number of benzene rings is 1. The van der Waals surface area contributed by atoms with E-state index in [0.29, 0.717) is 22.1 Å². The molecule has 1 heterocycles. The highest BCUT2D eigenvalue weighted by molar-refractivity contribution is 6.31. The quantitative estimate of drug-likeness (QED) is 0.856. The van der Waals surface area contributed by atoms with Gasteiger partial charge in [-0.1, -0.05) is 11.6 Å². The molecule has 2 aromatic rings. The SMILES string of the molecule is Cc1nn(C(C)C(=O)Nc2cc(N)ccc2F)c(C)c1Cl. The third-order valence-corrected chi connectivity index (χ3v) is 3.78. The van der Waals surface area contributed by atoms with Crippen molar-refractivity contribution in [3.05, 3.63) is 40.4 Å². The molecule has 1 unspecified atom stereocenters. The molecule has 0 saturated heterocycles. The molecule has 7 heteroatoms. The number of halogens is 2. The van der Waals surface area contributed by atoms with Crippen LogP contribution >= 0.6 is 11.6 Å². The highest BCUT2D eigenvalue weighted by atomic mass is 35.5. The third kappa shape index (κ3) is 3.00. The van der Waals surface area contributed by atoms with Gasteiger partial charge in [0.1, 0.15) is 11.9 Å². The van der Waals surface area contributed by atoms with Crippen LogP contribution in [0.4, 0.5) is 15.8 Å². The monoisotopic (exact) mass is 310 g/mol. The van der Waals surface area contributed by atoms with E-state index in [4.69, 9.17) is 17.3 Å². The fraction of sp³-hybridized carbons (Fsp3) is 0.286. The maximum Gasteiger partial charge on any atom is 0.249 e. The van der Waals surface area contributed by atoms with Crippen molar-refractivity contribution in [1.29, 1.82) is 0 Å². The first-order chi connectivity index (χ1) is 9.81. The Hall–Kier alpha value is -2.08. The highest BCUT2D eigenvalue weighted by Gasteiger charge is 2.21. The topological polar surface area (TPSA) is 72.9 Å². The summed E-state index contributed by atoms with van der Waals surface area (Å²) >= 11 is 6.06. The number of rotatable bonds is 3. The van der Waals surface area contributed by atoms with Gasteiger partial charge in [0.05, 0.1) is 22.1 Å². The number of hydrogen-bond acceptors (Lipinski definition) is 3. The van der Waals surface area contributed by atoms with Gasteiger partial charge in [0, 0.05) is 5.69 Å². The van der Waals surface area contributed by atoms with Crippen molar-refractivity contribution in [2.75, 3.05) is 11.1 Å². The van der Waals surface area contributed by atoms with Gasteiger partial charge in [-0.15, -0.1) is 0 Å². The van der Waals surface area contributed by atoms with Gasteiger partial charge in [0.2, 0.25) is 5.91 Å². The molecule has 0 bridgehead atoms. The number of hydrogen-bond donors (Lipinski definition) is 2. The molecule has 0 saturated carbocycles. The van der Waals surface area contributed by atoms with Gasteiger partial charge >= 0.3 is 0 Å². The standard InChI is InChI=1S/C14H16ClFN4O/c1-7-13(15)8(2)20(19-7)9(3)14(21)18-12-6-10(17)4-5-11(12)16/h4-6,9H,17H2,1-3H3,(H,18,21). The minimum absolute atomic E-state index is 0.0412. The van der Waals surface area contributed by atoms with E-state index in [1.807, 2.05) is 0 Å². The van der Waals surface area contributed by atoms with Crippen LogP contribution in [-0.4, -0.2) is 15.7 Å². The first-order valence-electron chi connectivity index (χ1n) is 6.38. The lowest BCUT2D eigenvalue weighted by Crippen LogP contribution is -2.25. The number of aryl methyl sites for hydroxylation is 1. The van der Waals surface area contributed by atoms with Crippen LogP contribution in [0.25, 0.3) is 0 Å². The second-order valence-corrected chi connectivity index (χ2v) is 5.21. The number of nitrogens with one attached hydrogen (secondary N) is 1. The summed E-state index contributed by atoms with van der Waals surface area (Å²) in [6.45, 7) is 5.19. The molecule has 0 spiro atoms. The summed E-state index contributed by atoms with van der Waals surface area (Å²) in [5, 5.41) is 7.24. The Labute approximate surface area is 126 Å². The number of nitrogen functional groups attached to an aromatic ring is 1. The smallest absolute Gasteiger partial charge is 0.249 e. The second-order valence-electron chi connectivity index (χ2n) is 4.83. The highest BCUT2D eigenvalue weighted by Crippen LogP contribution is 2.24. The molecule has 1 aromatic carbocycles. The van der Waals surface area contributed by atoms with E-state index >= 15 is 0 Å². The van der Waals surface area contributed by atoms with Crippen LogP contribution in [-0.2, 0) is 4.79 Å². The van der Waals surface area contributed by atoms with Gasteiger partial charge < -0.3 is 11.1 Å². The first kappa shape index (κ1) is 15.3. The Morgan fingerprint density at radius 1 is 1.48 bits per heavy atom. The maximum atomic E-state index is 13.6. The fourth-order valence-corrected chi connectivity index (χ4v) is 2.13. The van der Waals surface area contributed by atoms with Crippen molar-refractivity contribution >= 4 is 28.9 Å². The zero-order chi connectivity index (χ0) is 15.7. The van der Waals surface area contributed by atoms with Crippen LogP contribution in [0, 0.1) is 19.7 Å². The number of aromatic nitrogens is 2. The van der Waals surface area contributed by atoms with E-state index in [9.17, 15) is 9.18 Å². The average Bonchev–Trinajstić information content (AvgIpc) is 2.69. The average molecular weight is 311 g/mol. The summed E-state index contributed by atoms with van der Waals surface area (Å²) in [6, 6.07) is 3.37. The van der Waals surface area contributed by atoms with Crippen LogP contribution in [0.2, 0.25) is 5.02 Å². The Morgan fingerprint density at radius 2 is 2.14 bits per heavy atom. The van der Waals surface area contributed by atoms with Gasteiger partial charge in [-0.05, 0) is 39.0 Å². The van der Waals surface area contributed by atoms with Crippen molar-refractivity contribution in [3.63, 3.8) is 0 Å². The van der Waals surface area contributed by atoms with E-state index in [0.717, 1.165) is 0 Å². The predicted molar refractivity (Wildman–Crippen MR) is 80.9 cm³/mol. The number of nitrogens with two attached hydrogens (primary N) is 1. The van der Waals surface area contributed by atoms with E-state index in [2.05, 4.69) is 10.4 Å². The summed E-state index contributed by atoms with van der Waals surface area (Å²) in [4.78, 5) is 12.2. The Bertz CT molecular complexity index is 699. The van der Waals surface area contributed by atoms with E-state index < -0.39 is 17.8 Å². The molecule has 3 N–H and O–H groups in total. The Balaban J connectivity index is 2.23. The molecule has 2 rings (SSSR count). The minimum Gasteiger partial charge on any atom is -0.399 e. The van der Waals surface area contributed by atoms with Gasteiger partial charge in [-0.3, -0.25) is 9.48 Å². The van der Waals surface area contributed by atoms with E-state index in [1.165, 1.54) is 22.9 Å². The summed E-state index contributed by atoms with van der Waals surface area (Å²) in [6.07, 6.45) is 0. The van der Waals surface area contributed by atoms with Crippen molar-refractivity contribution in [2.45, 2.75) is 26.8 Å².